The lowest BCUT2D eigenvalue weighted by molar-refractivity contribution is 0.0662. The zero-order chi connectivity index (χ0) is 26.0. The number of thiazole rings is 1. The Labute approximate surface area is 221 Å². The largest absolute Gasteiger partial charge is 0.497 e. The van der Waals surface area contributed by atoms with Crippen LogP contribution in [0.4, 0.5) is 15.8 Å². The predicted molar refractivity (Wildman–Crippen MR) is 142 cm³/mol. The van der Waals surface area contributed by atoms with Crippen molar-refractivity contribution in [2.45, 2.75) is 20.8 Å². The van der Waals surface area contributed by atoms with Crippen molar-refractivity contribution in [3.63, 3.8) is 0 Å². The van der Waals surface area contributed by atoms with E-state index in [1.54, 1.807) is 14.0 Å². The number of azo groups is 1. The van der Waals surface area contributed by atoms with Crippen molar-refractivity contribution in [1.82, 2.24) is 9.88 Å². The smallest absolute Gasteiger partial charge is 0.262 e. The fraction of sp³-hybridized carbons (Fsp3) is 0.280. The zero-order valence-electron chi connectivity index (χ0n) is 20.2. The molecule has 36 heavy (non-hydrogen) atoms. The van der Waals surface area contributed by atoms with Crippen LogP contribution in [0.15, 0.2) is 45.0 Å². The fourth-order valence-electron chi connectivity index (χ4n) is 3.89. The molecule has 1 aliphatic heterocycles. The van der Waals surface area contributed by atoms with Crippen LogP contribution in [0.1, 0.15) is 47.1 Å². The molecule has 2 aromatic carbocycles. The standard InChI is InChI=1S/C25H23BrN6O3S/c1-5-31(6-2)25-28-21(14-8-10-16(35-4)11-9-14)22(36-25)30-29-20-15(13-27)12-17-18(19(20)26)24(34)32(7-3)23(17)33/h8-12H,5-7H2,1-4H3/b30-29+. The van der Waals surface area contributed by atoms with Gasteiger partial charge in [-0.25, -0.2) is 4.98 Å². The van der Waals surface area contributed by atoms with Crippen LogP contribution in [-0.2, 0) is 0 Å². The number of halogens is 1. The maximum atomic E-state index is 12.8. The number of carbonyl (C=O) groups is 2. The second-order valence-corrected chi connectivity index (χ2v) is 9.48. The van der Waals surface area contributed by atoms with Crippen LogP contribution >= 0.6 is 27.3 Å². The summed E-state index contributed by atoms with van der Waals surface area (Å²) in [6.45, 7) is 7.62. The summed E-state index contributed by atoms with van der Waals surface area (Å²) in [7, 11) is 1.61. The highest BCUT2D eigenvalue weighted by Gasteiger charge is 2.38. The topological polar surface area (TPSA) is 111 Å². The third-order valence-corrected chi connectivity index (χ3v) is 7.62. The minimum atomic E-state index is -0.425. The molecule has 2 heterocycles. The molecular formula is C25H23BrN6O3S. The predicted octanol–water partition coefficient (Wildman–Crippen LogP) is 6.33. The summed E-state index contributed by atoms with van der Waals surface area (Å²) in [5.41, 5.74) is 2.19. The normalized spacial score (nSPS) is 12.8. The Hall–Kier alpha value is -3.62. The maximum absolute atomic E-state index is 12.8. The van der Waals surface area contributed by atoms with E-state index in [9.17, 15) is 14.9 Å². The molecule has 11 heteroatoms. The van der Waals surface area contributed by atoms with E-state index >= 15 is 0 Å². The highest BCUT2D eigenvalue weighted by Crippen LogP contribution is 2.43. The van der Waals surface area contributed by atoms with E-state index in [1.165, 1.54) is 17.4 Å². The summed E-state index contributed by atoms with van der Waals surface area (Å²) in [5, 5.41) is 20.0. The number of rotatable bonds is 8. The number of fused-ring (bicyclic) bond motifs is 1. The van der Waals surface area contributed by atoms with E-state index < -0.39 is 11.8 Å². The lowest BCUT2D eigenvalue weighted by Gasteiger charge is -2.16. The quantitative estimate of drug-likeness (QED) is 0.232. The van der Waals surface area contributed by atoms with Gasteiger partial charge in [-0.1, -0.05) is 11.3 Å². The molecule has 1 aromatic heterocycles. The Kier molecular flexibility index (Phi) is 7.47. The molecule has 0 saturated heterocycles. The highest BCUT2D eigenvalue weighted by molar-refractivity contribution is 9.10. The number of nitriles is 1. The van der Waals surface area contributed by atoms with E-state index in [0.717, 1.165) is 34.4 Å². The van der Waals surface area contributed by atoms with Gasteiger partial charge in [-0.2, -0.15) is 5.26 Å². The van der Waals surface area contributed by atoms with Gasteiger partial charge >= 0.3 is 0 Å². The van der Waals surface area contributed by atoms with Gasteiger partial charge in [-0.15, -0.1) is 10.2 Å². The van der Waals surface area contributed by atoms with Crippen molar-refractivity contribution in [3.05, 3.63) is 51.5 Å². The van der Waals surface area contributed by atoms with Crippen LogP contribution in [0.3, 0.4) is 0 Å². The SMILES string of the molecule is CCN1C(=O)c2cc(C#N)c(/N=N/c3sc(N(CC)CC)nc3-c3ccc(OC)cc3)c(Br)c2C1=O. The Morgan fingerprint density at radius 2 is 1.83 bits per heavy atom. The van der Waals surface area contributed by atoms with Crippen molar-refractivity contribution in [2.24, 2.45) is 10.2 Å². The molecule has 9 nitrogen and oxygen atoms in total. The molecule has 0 atom stereocenters. The van der Waals surface area contributed by atoms with Crippen LogP contribution in [0.2, 0.25) is 0 Å². The number of imide groups is 1. The molecule has 0 bridgehead atoms. The van der Waals surface area contributed by atoms with Crippen molar-refractivity contribution < 1.29 is 14.3 Å². The summed E-state index contributed by atoms with van der Waals surface area (Å²) in [6.07, 6.45) is 0. The molecule has 3 aromatic rings. The van der Waals surface area contributed by atoms with Gasteiger partial charge in [-0.3, -0.25) is 14.5 Å². The summed E-state index contributed by atoms with van der Waals surface area (Å²) < 4.78 is 5.54. The molecule has 4 rings (SSSR count). The second kappa shape index (κ2) is 10.6. The number of ether oxygens (including phenoxy) is 1. The number of anilines is 1. The summed E-state index contributed by atoms with van der Waals surface area (Å²) >= 11 is 4.80. The molecule has 0 aliphatic carbocycles. The first-order valence-electron chi connectivity index (χ1n) is 11.3. The number of hydrogen-bond acceptors (Lipinski definition) is 9. The average Bonchev–Trinajstić information content (AvgIpc) is 3.42. The van der Waals surface area contributed by atoms with E-state index in [1.807, 2.05) is 24.3 Å². The molecule has 1 aliphatic rings. The Bertz CT molecular complexity index is 1410. The van der Waals surface area contributed by atoms with Gasteiger partial charge < -0.3 is 9.64 Å². The van der Waals surface area contributed by atoms with Crippen LogP contribution in [0.5, 0.6) is 5.75 Å². The number of aromatic nitrogens is 1. The molecule has 0 N–H and O–H groups in total. The molecule has 2 amide bonds. The van der Waals surface area contributed by atoms with E-state index in [2.05, 4.69) is 51.0 Å². The highest BCUT2D eigenvalue weighted by atomic mass is 79.9. The third-order valence-electron chi connectivity index (χ3n) is 5.85. The lowest BCUT2D eigenvalue weighted by Crippen LogP contribution is -2.29. The number of methoxy groups -OCH3 is 1. The number of hydrogen-bond donors (Lipinski definition) is 0. The van der Waals surface area contributed by atoms with E-state index in [-0.39, 0.29) is 33.4 Å². The van der Waals surface area contributed by atoms with E-state index in [0.29, 0.717) is 10.7 Å². The lowest BCUT2D eigenvalue weighted by atomic mass is 10.0. The van der Waals surface area contributed by atoms with Gasteiger partial charge in [-0.05, 0) is 67.0 Å². The van der Waals surface area contributed by atoms with Crippen molar-refractivity contribution in [3.8, 4) is 23.1 Å². The minimum absolute atomic E-state index is 0.142. The summed E-state index contributed by atoms with van der Waals surface area (Å²) in [5.74, 6) is -0.126. The van der Waals surface area contributed by atoms with Gasteiger partial charge in [0.05, 0.1) is 28.3 Å². The molecular weight excluding hydrogens is 544 g/mol. The minimum Gasteiger partial charge on any atom is -0.497 e. The first-order chi connectivity index (χ1) is 17.4. The Balaban J connectivity index is 1.83. The molecule has 0 radical (unpaired) electrons. The van der Waals surface area contributed by atoms with Gasteiger partial charge in [0.25, 0.3) is 11.8 Å². The zero-order valence-corrected chi connectivity index (χ0v) is 22.6. The molecule has 0 spiro atoms. The van der Waals surface area contributed by atoms with Gasteiger partial charge in [0.15, 0.2) is 10.1 Å². The Morgan fingerprint density at radius 1 is 1.14 bits per heavy atom. The first-order valence-corrected chi connectivity index (χ1v) is 12.9. The molecule has 0 saturated carbocycles. The molecule has 0 fully saturated rings. The summed E-state index contributed by atoms with van der Waals surface area (Å²) in [4.78, 5) is 33.5. The van der Waals surface area contributed by atoms with Crippen LogP contribution < -0.4 is 9.64 Å². The average molecular weight is 567 g/mol. The third kappa shape index (κ3) is 4.38. The van der Waals surface area contributed by atoms with Crippen LogP contribution in [0.25, 0.3) is 11.3 Å². The monoisotopic (exact) mass is 566 g/mol. The van der Waals surface area contributed by atoms with Crippen molar-refractivity contribution in [1.29, 1.82) is 5.26 Å². The van der Waals surface area contributed by atoms with Gasteiger partial charge in [0, 0.05) is 25.2 Å². The fourth-order valence-corrected chi connectivity index (χ4v) is 5.61. The van der Waals surface area contributed by atoms with Gasteiger partial charge in [0.2, 0.25) is 0 Å². The number of carbonyl (C=O) groups excluding carboxylic acids is 2. The number of amides is 2. The first kappa shape index (κ1) is 25.5. The number of nitrogens with zero attached hydrogens (tertiary/aromatic N) is 6. The van der Waals surface area contributed by atoms with Crippen molar-refractivity contribution >= 4 is 54.9 Å². The van der Waals surface area contributed by atoms with Crippen LogP contribution in [0, 0.1) is 11.3 Å². The molecule has 0 unspecified atom stereocenters. The molecule has 184 valence electrons. The Morgan fingerprint density at radius 3 is 2.42 bits per heavy atom. The van der Waals surface area contributed by atoms with Crippen molar-refractivity contribution in [2.75, 3.05) is 31.6 Å². The maximum Gasteiger partial charge on any atom is 0.262 e. The van der Waals surface area contributed by atoms with Crippen LogP contribution in [-0.4, -0.2) is 48.4 Å². The summed E-state index contributed by atoms with van der Waals surface area (Å²) in [6, 6.07) is 11.0. The number of benzene rings is 2. The van der Waals surface area contributed by atoms with E-state index in [4.69, 9.17) is 9.72 Å². The van der Waals surface area contributed by atoms with Gasteiger partial charge in [0.1, 0.15) is 23.2 Å². The second-order valence-electron chi connectivity index (χ2n) is 7.73.